The van der Waals surface area contributed by atoms with E-state index in [-0.39, 0.29) is 23.6 Å². The van der Waals surface area contributed by atoms with E-state index in [0.29, 0.717) is 42.8 Å². The second-order valence-electron chi connectivity index (χ2n) is 10.6. The summed E-state index contributed by atoms with van der Waals surface area (Å²) < 4.78 is 11.8. The fourth-order valence-electron chi connectivity index (χ4n) is 5.43. The first-order valence-electron chi connectivity index (χ1n) is 13.5. The Balaban J connectivity index is 1.37. The van der Waals surface area contributed by atoms with Crippen molar-refractivity contribution >= 4 is 39.9 Å². The van der Waals surface area contributed by atoms with Crippen molar-refractivity contribution in [3.05, 3.63) is 54.3 Å². The summed E-state index contributed by atoms with van der Waals surface area (Å²) in [5.74, 6) is 0.377. The van der Waals surface area contributed by atoms with Crippen molar-refractivity contribution in [2.75, 3.05) is 23.3 Å². The summed E-state index contributed by atoms with van der Waals surface area (Å²) in [5, 5.41) is 6.90. The number of hydrogen-bond acceptors (Lipinski definition) is 6. The number of ether oxygens (including phenoxy) is 1. The number of piperidine rings is 1. The van der Waals surface area contributed by atoms with Gasteiger partial charge < -0.3 is 24.7 Å². The minimum atomic E-state index is -1.04. The molecule has 0 radical (unpaired) electrons. The molecule has 2 amide bonds. The first-order valence-corrected chi connectivity index (χ1v) is 13.5. The summed E-state index contributed by atoms with van der Waals surface area (Å²) in [6.45, 7) is 5.03. The zero-order valence-electron chi connectivity index (χ0n) is 22.0. The van der Waals surface area contributed by atoms with Gasteiger partial charge in [0.2, 0.25) is 5.91 Å². The largest absolute Gasteiger partial charge is 0.489 e. The number of para-hydroxylation sites is 1. The van der Waals surface area contributed by atoms with E-state index in [1.807, 2.05) is 61.2 Å². The van der Waals surface area contributed by atoms with Gasteiger partial charge in [-0.2, -0.15) is 0 Å². The van der Waals surface area contributed by atoms with Crippen LogP contribution >= 0.6 is 0 Å². The molecule has 2 aromatic carbocycles. The number of furan rings is 1. The average molecular weight is 518 g/mol. The molecule has 1 saturated heterocycles. The maximum atomic E-state index is 13.7. The van der Waals surface area contributed by atoms with Gasteiger partial charge in [-0.3, -0.25) is 14.4 Å². The third-order valence-corrected chi connectivity index (χ3v) is 7.32. The fraction of sp³-hybridized carbons (Fsp3) is 0.433. The summed E-state index contributed by atoms with van der Waals surface area (Å²) in [7, 11) is 0. The summed E-state index contributed by atoms with van der Waals surface area (Å²) in [6.07, 6.45) is 5.15. The molecule has 1 aliphatic heterocycles. The van der Waals surface area contributed by atoms with Gasteiger partial charge in [-0.1, -0.05) is 37.5 Å². The van der Waals surface area contributed by atoms with Crippen LogP contribution in [-0.2, 0) is 9.59 Å². The Kier molecular flexibility index (Phi) is 7.40. The number of rotatable bonds is 7. The van der Waals surface area contributed by atoms with E-state index in [1.165, 1.54) is 0 Å². The average Bonchev–Trinajstić information content (AvgIpc) is 3.34. The lowest BCUT2D eigenvalue weighted by Gasteiger charge is -2.36. The Morgan fingerprint density at radius 2 is 1.82 bits per heavy atom. The monoisotopic (exact) mass is 517 g/mol. The SMILES string of the molecule is CC(C)Oc1cc(NC(=O)C2(NC(=O)c3cc4ccccc4o3)CCCCC2)ccc1N1CCCC(=O)C1. The summed E-state index contributed by atoms with van der Waals surface area (Å²) in [6, 6.07) is 14.7. The van der Waals surface area contributed by atoms with Crippen LogP contribution in [-0.4, -0.2) is 42.3 Å². The molecule has 200 valence electrons. The van der Waals surface area contributed by atoms with Crippen molar-refractivity contribution in [2.24, 2.45) is 0 Å². The third-order valence-electron chi connectivity index (χ3n) is 7.32. The lowest BCUT2D eigenvalue weighted by Crippen LogP contribution is -2.57. The normalized spacial score (nSPS) is 17.4. The van der Waals surface area contributed by atoms with Crippen LogP contribution in [0.1, 0.15) is 69.3 Å². The molecular weight excluding hydrogens is 482 g/mol. The van der Waals surface area contributed by atoms with Crippen LogP contribution < -0.4 is 20.3 Å². The number of Topliss-reactive ketones (excluding diaryl/α,β-unsaturated/α-hetero) is 1. The van der Waals surface area contributed by atoms with Crippen LogP contribution in [0, 0.1) is 0 Å². The molecule has 1 aliphatic carbocycles. The highest BCUT2D eigenvalue weighted by molar-refractivity contribution is 6.04. The quantitative estimate of drug-likeness (QED) is 0.432. The number of ketones is 1. The summed E-state index contributed by atoms with van der Waals surface area (Å²) in [4.78, 5) is 41.1. The fourth-order valence-corrected chi connectivity index (χ4v) is 5.43. The molecule has 0 spiro atoms. The van der Waals surface area contributed by atoms with E-state index in [4.69, 9.17) is 9.15 Å². The number of nitrogens with zero attached hydrogens (tertiary/aromatic N) is 1. The molecule has 38 heavy (non-hydrogen) atoms. The molecule has 0 atom stereocenters. The van der Waals surface area contributed by atoms with Gasteiger partial charge in [-0.05, 0) is 57.4 Å². The highest BCUT2D eigenvalue weighted by Crippen LogP contribution is 2.35. The van der Waals surface area contributed by atoms with E-state index in [2.05, 4.69) is 10.6 Å². The van der Waals surface area contributed by atoms with Gasteiger partial charge in [0, 0.05) is 30.1 Å². The Bertz CT molecular complexity index is 1310. The molecule has 1 saturated carbocycles. The minimum absolute atomic E-state index is 0.0759. The molecule has 3 aromatic rings. The summed E-state index contributed by atoms with van der Waals surface area (Å²) >= 11 is 0. The van der Waals surface area contributed by atoms with Crippen LogP contribution in [0.25, 0.3) is 11.0 Å². The van der Waals surface area contributed by atoms with Gasteiger partial charge in [0.25, 0.3) is 5.91 Å². The molecule has 2 N–H and O–H groups in total. The molecule has 2 fully saturated rings. The van der Waals surface area contributed by atoms with E-state index in [1.54, 1.807) is 6.07 Å². The zero-order valence-corrected chi connectivity index (χ0v) is 22.0. The highest BCUT2D eigenvalue weighted by atomic mass is 16.5. The van der Waals surface area contributed by atoms with Gasteiger partial charge in [0.1, 0.15) is 16.9 Å². The Morgan fingerprint density at radius 1 is 1.03 bits per heavy atom. The van der Waals surface area contributed by atoms with Crippen molar-refractivity contribution in [1.29, 1.82) is 0 Å². The minimum Gasteiger partial charge on any atom is -0.489 e. The Hall–Kier alpha value is -3.81. The number of carbonyl (C=O) groups excluding carboxylic acids is 3. The molecule has 8 nitrogen and oxygen atoms in total. The molecule has 2 heterocycles. The third kappa shape index (κ3) is 5.54. The van der Waals surface area contributed by atoms with Gasteiger partial charge in [0.15, 0.2) is 11.5 Å². The topological polar surface area (TPSA) is 101 Å². The van der Waals surface area contributed by atoms with E-state index < -0.39 is 11.4 Å². The molecule has 0 unspecified atom stereocenters. The molecule has 2 aliphatic rings. The predicted molar refractivity (Wildman–Crippen MR) is 147 cm³/mol. The second kappa shape index (κ2) is 10.9. The Labute approximate surface area is 222 Å². The number of anilines is 2. The van der Waals surface area contributed by atoms with Crippen molar-refractivity contribution in [1.82, 2.24) is 5.32 Å². The number of carbonyl (C=O) groups is 3. The van der Waals surface area contributed by atoms with E-state index in [0.717, 1.165) is 43.3 Å². The highest BCUT2D eigenvalue weighted by Gasteiger charge is 2.41. The smallest absolute Gasteiger partial charge is 0.287 e. The molecule has 8 heteroatoms. The van der Waals surface area contributed by atoms with E-state index in [9.17, 15) is 14.4 Å². The Morgan fingerprint density at radius 3 is 2.55 bits per heavy atom. The molecule has 5 rings (SSSR count). The maximum absolute atomic E-state index is 13.7. The van der Waals surface area contributed by atoms with Crippen molar-refractivity contribution in [2.45, 2.75) is 70.4 Å². The molecule has 1 aromatic heterocycles. The van der Waals surface area contributed by atoms with Gasteiger partial charge >= 0.3 is 0 Å². The lowest BCUT2D eigenvalue weighted by molar-refractivity contribution is -0.123. The number of amides is 2. The number of benzene rings is 2. The first kappa shape index (κ1) is 25.8. The number of nitrogens with one attached hydrogen (secondary N) is 2. The first-order chi connectivity index (χ1) is 18.3. The predicted octanol–water partition coefficient (Wildman–Crippen LogP) is 5.46. The van der Waals surface area contributed by atoms with Crippen LogP contribution in [0.15, 0.2) is 52.9 Å². The van der Waals surface area contributed by atoms with Gasteiger partial charge in [0.05, 0.1) is 18.3 Å². The van der Waals surface area contributed by atoms with Crippen LogP contribution in [0.4, 0.5) is 11.4 Å². The zero-order chi connectivity index (χ0) is 26.7. The van der Waals surface area contributed by atoms with Crippen molar-refractivity contribution < 1.29 is 23.5 Å². The maximum Gasteiger partial charge on any atom is 0.287 e. The summed E-state index contributed by atoms with van der Waals surface area (Å²) in [5.41, 5.74) is 1.02. The number of hydrogen-bond donors (Lipinski definition) is 2. The molecule has 0 bridgehead atoms. The van der Waals surface area contributed by atoms with Crippen LogP contribution in [0.3, 0.4) is 0 Å². The van der Waals surface area contributed by atoms with Crippen LogP contribution in [0.5, 0.6) is 5.75 Å². The number of fused-ring (bicyclic) bond motifs is 1. The molecular formula is C30H35N3O5. The van der Waals surface area contributed by atoms with E-state index >= 15 is 0 Å². The second-order valence-corrected chi connectivity index (χ2v) is 10.6. The van der Waals surface area contributed by atoms with Crippen molar-refractivity contribution in [3.63, 3.8) is 0 Å². The standard InChI is InChI=1S/C30H35N3O5/c1-20(2)37-26-18-22(12-13-24(26)33-16-8-10-23(34)19-33)31-29(36)30(14-6-3-7-15-30)32-28(35)27-17-21-9-4-5-11-25(21)38-27/h4-5,9,11-13,17-18,20H,3,6-8,10,14-16,19H2,1-2H3,(H,31,36)(H,32,35). The van der Waals surface area contributed by atoms with Gasteiger partial charge in [-0.15, -0.1) is 0 Å². The lowest BCUT2D eigenvalue weighted by atomic mass is 9.80. The van der Waals surface area contributed by atoms with Crippen LogP contribution in [0.2, 0.25) is 0 Å². The van der Waals surface area contributed by atoms with Crippen molar-refractivity contribution in [3.8, 4) is 5.75 Å². The van der Waals surface area contributed by atoms with Gasteiger partial charge in [-0.25, -0.2) is 0 Å².